The van der Waals surface area contributed by atoms with Crippen molar-refractivity contribution >= 4 is 11.9 Å². The first-order valence-electron chi connectivity index (χ1n) is 38.0. The first-order valence-corrected chi connectivity index (χ1v) is 38.0. The molecule has 0 saturated carbocycles. The molecule has 0 radical (unpaired) electrons. The molecule has 91 heavy (non-hydrogen) atoms. The molecule has 0 aliphatic carbocycles. The maximum absolute atomic E-state index is 13.5. The summed E-state index contributed by atoms with van der Waals surface area (Å²) in [5, 5.41) is 57.4. The van der Waals surface area contributed by atoms with E-state index in [-0.39, 0.29) is 19.4 Å². The molecule has 1 aliphatic heterocycles. The zero-order chi connectivity index (χ0) is 66.0. The summed E-state index contributed by atoms with van der Waals surface area (Å²) >= 11 is 0. The number of unbranched alkanes of at least 4 members (excludes halogenated alkanes) is 37. The van der Waals surface area contributed by atoms with Crippen LogP contribution in [-0.4, -0.2) is 99.6 Å². The van der Waals surface area contributed by atoms with Crippen LogP contribution in [-0.2, 0) is 23.8 Å². The highest BCUT2D eigenvalue weighted by molar-refractivity contribution is 5.80. The summed E-state index contributed by atoms with van der Waals surface area (Å²) in [6, 6.07) is -1.03. The van der Waals surface area contributed by atoms with Gasteiger partial charge in [-0.15, -0.1) is 0 Å². The van der Waals surface area contributed by atoms with E-state index in [2.05, 4.69) is 111 Å². The molecule has 8 atom stereocenters. The summed E-state index contributed by atoms with van der Waals surface area (Å²) in [6.45, 7) is 5.69. The van der Waals surface area contributed by atoms with Crippen LogP contribution < -0.4 is 5.32 Å². The molecule has 1 saturated heterocycles. The lowest BCUT2D eigenvalue weighted by atomic mass is 9.99. The highest BCUT2D eigenvalue weighted by Crippen LogP contribution is 2.26. The third-order valence-electron chi connectivity index (χ3n) is 17.5. The molecule has 1 fully saturated rings. The third kappa shape index (κ3) is 53.5. The third-order valence-corrected chi connectivity index (χ3v) is 17.5. The number of hydrogen-bond donors (Lipinski definition) is 6. The summed E-state index contributed by atoms with van der Waals surface area (Å²) < 4.78 is 17.7. The molecule has 1 rings (SSSR count). The second-order valence-corrected chi connectivity index (χ2v) is 26.0. The van der Waals surface area contributed by atoms with Crippen molar-refractivity contribution in [3.05, 3.63) is 97.2 Å². The van der Waals surface area contributed by atoms with E-state index in [1.807, 2.05) is 6.08 Å². The molecule has 11 heteroatoms. The highest BCUT2D eigenvalue weighted by Gasteiger charge is 2.47. The summed E-state index contributed by atoms with van der Waals surface area (Å²) in [6.07, 6.45) is 80.2. The topological polar surface area (TPSA) is 175 Å². The number of aliphatic hydroxyl groups excluding tert-OH is 5. The number of carbonyl (C=O) groups is 2. The van der Waals surface area contributed by atoms with E-state index in [9.17, 15) is 35.1 Å². The Morgan fingerprint density at radius 2 is 0.791 bits per heavy atom. The fourth-order valence-electron chi connectivity index (χ4n) is 11.5. The minimum atomic E-state index is -1.62. The molecule has 0 aromatic heterocycles. The van der Waals surface area contributed by atoms with E-state index >= 15 is 0 Å². The number of allylic oxidation sites excluding steroid dienone is 15. The number of amides is 1. The normalized spacial score (nSPS) is 18.5. The SMILES string of the molecule is CC/C=C\C/C=C\C/C=C\C/C=C\C/C=C\CCCCCCCCCC(=O)OC1C(OCC(NC(=O)C(O)CCCCCCCCCCCCCCCCCC/C=C\C/C=C\CCCCC)C(O)/C=C/CCCCCCCCCCCCC)OC(CO)C(O)C1O. The summed E-state index contributed by atoms with van der Waals surface area (Å²) in [5.74, 6) is -1.20. The molecule has 6 N–H and O–H groups in total. The lowest BCUT2D eigenvalue weighted by Gasteiger charge is -2.41. The van der Waals surface area contributed by atoms with Crippen LogP contribution in [0.3, 0.4) is 0 Å². The van der Waals surface area contributed by atoms with Crippen molar-refractivity contribution in [2.24, 2.45) is 0 Å². The van der Waals surface area contributed by atoms with E-state index in [0.717, 1.165) is 122 Å². The summed E-state index contributed by atoms with van der Waals surface area (Å²) in [5.41, 5.74) is 0. The van der Waals surface area contributed by atoms with Gasteiger partial charge < -0.3 is 45.1 Å². The Labute approximate surface area is 558 Å². The number of carbonyl (C=O) groups excluding carboxylic acids is 2. The van der Waals surface area contributed by atoms with Gasteiger partial charge in [-0.05, 0) is 103 Å². The van der Waals surface area contributed by atoms with Crippen molar-refractivity contribution in [2.45, 2.75) is 384 Å². The van der Waals surface area contributed by atoms with Gasteiger partial charge in [-0.25, -0.2) is 0 Å². The van der Waals surface area contributed by atoms with Crippen LogP contribution in [0.4, 0.5) is 0 Å². The Bertz CT molecular complexity index is 1860. The molecular formula is C80H141NO10. The van der Waals surface area contributed by atoms with Crippen LogP contribution >= 0.6 is 0 Å². The number of esters is 1. The standard InChI is InChI=1S/C80H141NO10/c1-4-7-10-13-16-19-22-25-27-29-31-33-35-36-37-39-40-42-44-46-49-52-55-58-61-64-67-73(84)79(88)81-71(72(83)66-63-60-57-54-51-48-24-21-18-15-12-9-6-3)70-89-80-78(77(87)76(86)74(69-82)90-80)91-75(85)68-65-62-59-56-53-50-47-45-43-41-38-34-32-30-28-26-23-20-17-14-11-8-5-2/h8,11,16-17,19-20,25-28,32,34,41,43,63,66,71-74,76-78,80,82-84,86-87H,4-7,9-10,12-15,18,21-24,29-31,33,35-40,42,44-62,64-65,67-70H2,1-3H3,(H,81,88)/b11-8-,19-16-,20-17-,27-25-,28-26-,34-32-,43-41-,66-63+. The minimum absolute atomic E-state index is 0.108. The Morgan fingerprint density at radius 3 is 1.21 bits per heavy atom. The molecule has 0 spiro atoms. The number of nitrogens with one attached hydrogen (secondary N) is 1. The zero-order valence-electron chi connectivity index (χ0n) is 58.7. The second kappa shape index (κ2) is 66.6. The number of ether oxygens (including phenoxy) is 3. The van der Waals surface area contributed by atoms with E-state index in [1.165, 1.54) is 167 Å². The van der Waals surface area contributed by atoms with E-state index in [1.54, 1.807) is 6.08 Å². The van der Waals surface area contributed by atoms with Gasteiger partial charge in [0.05, 0.1) is 25.4 Å². The van der Waals surface area contributed by atoms with Crippen molar-refractivity contribution in [3.8, 4) is 0 Å². The van der Waals surface area contributed by atoms with Gasteiger partial charge in [0.1, 0.15) is 24.4 Å². The van der Waals surface area contributed by atoms with Crippen molar-refractivity contribution in [1.82, 2.24) is 5.32 Å². The summed E-state index contributed by atoms with van der Waals surface area (Å²) in [4.78, 5) is 26.8. The second-order valence-electron chi connectivity index (χ2n) is 26.0. The Hall–Kier alpha value is -3.42. The van der Waals surface area contributed by atoms with Crippen molar-refractivity contribution < 1.29 is 49.3 Å². The smallest absolute Gasteiger partial charge is 0.306 e. The van der Waals surface area contributed by atoms with Crippen LogP contribution in [0.25, 0.3) is 0 Å². The average molecular weight is 1280 g/mol. The lowest BCUT2D eigenvalue weighted by molar-refractivity contribution is -0.305. The van der Waals surface area contributed by atoms with E-state index < -0.39 is 67.4 Å². The Morgan fingerprint density at radius 1 is 0.440 bits per heavy atom. The number of rotatable bonds is 65. The maximum Gasteiger partial charge on any atom is 0.306 e. The molecule has 1 amide bonds. The highest BCUT2D eigenvalue weighted by atomic mass is 16.7. The van der Waals surface area contributed by atoms with Gasteiger partial charge in [0.25, 0.3) is 0 Å². The molecule has 0 aromatic carbocycles. The minimum Gasteiger partial charge on any atom is -0.454 e. The van der Waals surface area contributed by atoms with Crippen molar-refractivity contribution in [3.63, 3.8) is 0 Å². The molecule has 1 heterocycles. The Balaban J connectivity index is 2.55. The summed E-state index contributed by atoms with van der Waals surface area (Å²) in [7, 11) is 0. The first kappa shape index (κ1) is 85.6. The van der Waals surface area contributed by atoms with Gasteiger partial charge >= 0.3 is 5.97 Å². The lowest BCUT2D eigenvalue weighted by Crippen LogP contribution is -2.61. The van der Waals surface area contributed by atoms with Gasteiger partial charge in [-0.1, -0.05) is 323 Å². The van der Waals surface area contributed by atoms with Gasteiger partial charge in [0.2, 0.25) is 5.91 Å². The van der Waals surface area contributed by atoms with Crippen LogP contribution in [0.5, 0.6) is 0 Å². The quantitative estimate of drug-likeness (QED) is 0.0195. The number of aliphatic hydroxyl groups is 5. The van der Waals surface area contributed by atoms with E-state index in [4.69, 9.17) is 14.2 Å². The molecule has 11 nitrogen and oxygen atoms in total. The fourth-order valence-corrected chi connectivity index (χ4v) is 11.5. The molecule has 8 unspecified atom stereocenters. The maximum atomic E-state index is 13.5. The van der Waals surface area contributed by atoms with Crippen LogP contribution in [0.2, 0.25) is 0 Å². The molecule has 0 bridgehead atoms. The number of hydrogen-bond acceptors (Lipinski definition) is 10. The van der Waals surface area contributed by atoms with Gasteiger partial charge in [-0.3, -0.25) is 9.59 Å². The molecule has 1 aliphatic rings. The molecule has 526 valence electrons. The van der Waals surface area contributed by atoms with Crippen molar-refractivity contribution in [2.75, 3.05) is 13.2 Å². The van der Waals surface area contributed by atoms with Crippen molar-refractivity contribution in [1.29, 1.82) is 0 Å². The monoisotopic (exact) mass is 1280 g/mol. The Kier molecular flexibility index (Phi) is 62.6. The van der Waals surface area contributed by atoms with E-state index in [0.29, 0.717) is 12.8 Å². The largest absolute Gasteiger partial charge is 0.454 e. The predicted molar refractivity (Wildman–Crippen MR) is 384 cm³/mol. The van der Waals surface area contributed by atoms with Crippen LogP contribution in [0.1, 0.15) is 335 Å². The van der Waals surface area contributed by atoms with Gasteiger partial charge in [0, 0.05) is 6.42 Å². The zero-order valence-corrected chi connectivity index (χ0v) is 58.7. The van der Waals surface area contributed by atoms with Gasteiger partial charge in [0.15, 0.2) is 12.4 Å². The predicted octanol–water partition coefficient (Wildman–Crippen LogP) is 20.2. The van der Waals surface area contributed by atoms with Crippen LogP contribution in [0, 0.1) is 0 Å². The first-order chi connectivity index (χ1) is 44.7. The van der Waals surface area contributed by atoms with Crippen LogP contribution in [0.15, 0.2) is 97.2 Å². The average Bonchev–Trinajstić information content (AvgIpc) is 1.01. The molecule has 0 aromatic rings. The van der Waals surface area contributed by atoms with Gasteiger partial charge in [-0.2, -0.15) is 0 Å². The molecular weight excluding hydrogens is 1130 g/mol. The fraction of sp³-hybridized carbons (Fsp3) is 0.775.